The van der Waals surface area contributed by atoms with Crippen LogP contribution in [0.15, 0.2) is 21.1 Å². The Bertz CT molecular complexity index is 408. The lowest BCUT2D eigenvalue weighted by atomic mass is 10.2. The fraction of sp³-hybridized carbons (Fsp3) is 0.273. The predicted octanol–water partition coefficient (Wildman–Crippen LogP) is 2.97. The van der Waals surface area contributed by atoms with Gasteiger partial charge in [-0.3, -0.25) is 4.79 Å². The number of aldehydes is 1. The number of carbonyl (C=O) groups excluding carboxylic acids is 2. The molecule has 0 saturated heterocycles. The highest BCUT2D eigenvalue weighted by Crippen LogP contribution is 2.34. The van der Waals surface area contributed by atoms with Gasteiger partial charge in [-0.1, -0.05) is 0 Å². The Morgan fingerprint density at radius 3 is 2.41 bits per heavy atom. The van der Waals surface area contributed by atoms with Crippen LogP contribution in [-0.4, -0.2) is 25.5 Å². The molecular weight excluding hydrogens is 356 g/mol. The van der Waals surface area contributed by atoms with E-state index in [0.29, 0.717) is 26.9 Å². The summed E-state index contributed by atoms with van der Waals surface area (Å²) < 4.78 is 11.2. The Kier molecular flexibility index (Phi) is 5.64. The highest BCUT2D eigenvalue weighted by atomic mass is 79.9. The maximum Gasteiger partial charge on any atom is 0.344 e. The third-order valence-corrected chi connectivity index (χ3v) is 2.97. The van der Waals surface area contributed by atoms with Crippen molar-refractivity contribution in [3.05, 3.63) is 26.6 Å². The van der Waals surface area contributed by atoms with Gasteiger partial charge in [0.05, 0.1) is 15.6 Å². The lowest BCUT2D eigenvalue weighted by Gasteiger charge is -2.10. The molecule has 0 unspecified atom stereocenters. The van der Waals surface area contributed by atoms with Gasteiger partial charge in [0.15, 0.2) is 6.61 Å². The normalized spacial score (nSPS) is 9.82. The first-order chi connectivity index (χ1) is 8.08. The molecule has 6 heteroatoms. The van der Waals surface area contributed by atoms with Crippen LogP contribution < -0.4 is 4.74 Å². The molecule has 0 aliphatic carbocycles. The van der Waals surface area contributed by atoms with Crippen LogP contribution in [0.3, 0.4) is 0 Å². The van der Waals surface area contributed by atoms with Crippen molar-refractivity contribution in [3.8, 4) is 5.75 Å². The molecule has 0 aromatic heterocycles. The number of esters is 1. The van der Waals surface area contributed by atoms with Gasteiger partial charge in [-0.05, 0) is 50.9 Å². The monoisotopic (exact) mass is 364 g/mol. The molecule has 17 heavy (non-hydrogen) atoms. The van der Waals surface area contributed by atoms with E-state index in [1.54, 1.807) is 19.1 Å². The summed E-state index contributed by atoms with van der Waals surface area (Å²) >= 11 is 6.52. The topological polar surface area (TPSA) is 52.6 Å². The minimum atomic E-state index is -0.439. The van der Waals surface area contributed by atoms with Crippen molar-refractivity contribution in [2.24, 2.45) is 0 Å². The SMILES string of the molecule is CCOC(=O)COc1c(Br)cc(C=O)cc1Br. The molecule has 92 valence electrons. The van der Waals surface area contributed by atoms with Gasteiger partial charge in [0.2, 0.25) is 0 Å². The molecule has 0 fully saturated rings. The van der Waals surface area contributed by atoms with Crippen molar-refractivity contribution < 1.29 is 19.1 Å². The van der Waals surface area contributed by atoms with Crippen LogP contribution in [0.4, 0.5) is 0 Å². The van der Waals surface area contributed by atoms with Crippen LogP contribution in [0, 0.1) is 0 Å². The number of rotatable bonds is 5. The molecule has 0 saturated carbocycles. The van der Waals surface area contributed by atoms with Crippen molar-refractivity contribution >= 4 is 44.1 Å². The molecule has 0 aliphatic rings. The summed E-state index contributed by atoms with van der Waals surface area (Å²) in [5, 5.41) is 0. The van der Waals surface area contributed by atoms with Crippen LogP contribution in [0.2, 0.25) is 0 Å². The Hall–Kier alpha value is -0.880. The zero-order valence-corrected chi connectivity index (χ0v) is 12.2. The Balaban J connectivity index is 2.78. The van der Waals surface area contributed by atoms with Gasteiger partial charge in [-0.25, -0.2) is 4.79 Å². The van der Waals surface area contributed by atoms with Gasteiger partial charge in [0.25, 0.3) is 0 Å². The van der Waals surface area contributed by atoms with Crippen LogP contribution in [0.1, 0.15) is 17.3 Å². The summed E-state index contributed by atoms with van der Waals surface area (Å²) in [6, 6.07) is 3.22. The summed E-state index contributed by atoms with van der Waals surface area (Å²) in [6.07, 6.45) is 0.727. The summed E-state index contributed by atoms with van der Waals surface area (Å²) in [5.74, 6) is 0.0226. The first kappa shape index (κ1) is 14.2. The average Bonchev–Trinajstić information content (AvgIpc) is 2.28. The van der Waals surface area contributed by atoms with Gasteiger partial charge in [0.1, 0.15) is 12.0 Å². The Morgan fingerprint density at radius 2 is 1.94 bits per heavy atom. The van der Waals surface area contributed by atoms with Crippen LogP contribution >= 0.6 is 31.9 Å². The molecule has 0 radical (unpaired) electrons. The summed E-state index contributed by atoms with van der Waals surface area (Å²) in [7, 11) is 0. The summed E-state index contributed by atoms with van der Waals surface area (Å²) in [4.78, 5) is 21.7. The molecule has 0 amide bonds. The largest absolute Gasteiger partial charge is 0.480 e. The molecule has 0 heterocycles. The lowest BCUT2D eigenvalue weighted by molar-refractivity contribution is -0.145. The fourth-order valence-electron chi connectivity index (χ4n) is 1.12. The molecule has 0 aliphatic heterocycles. The number of halogens is 2. The van der Waals surface area contributed by atoms with Crippen molar-refractivity contribution in [2.75, 3.05) is 13.2 Å². The first-order valence-corrected chi connectivity index (χ1v) is 6.39. The van der Waals surface area contributed by atoms with Gasteiger partial charge >= 0.3 is 5.97 Å². The number of hydrogen-bond acceptors (Lipinski definition) is 4. The second-order valence-electron chi connectivity index (χ2n) is 3.03. The Morgan fingerprint density at radius 1 is 1.35 bits per heavy atom. The summed E-state index contributed by atoms with van der Waals surface area (Å²) in [5.41, 5.74) is 0.507. The van der Waals surface area contributed by atoms with Gasteiger partial charge in [-0.15, -0.1) is 0 Å². The lowest BCUT2D eigenvalue weighted by Crippen LogP contribution is -2.15. The molecule has 4 nitrogen and oxygen atoms in total. The van der Waals surface area contributed by atoms with Gasteiger partial charge in [-0.2, -0.15) is 0 Å². The highest BCUT2D eigenvalue weighted by Gasteiger charge is 2.11. The van der Waals surface area contributed by atoms with E-state index in [2.05, 4.69) is 31.9 Å². The van der Waals surface area contributed by atoms with E-state index in [4.69, 9.17) is 9.47 Å². The van der Waals surface area contributed by atoms with Crippen molar-refractivity contribution in [3.63, 3.8) is 0 Å². The Labute approximate surface area is 116 Å². The maximum absolute atomic E-state index is 11.1. The molecule has 1 rings (SSSR count). The van der Waals surface area contributed by atoms with Gasteiger partial charge < -0.3 is 9.47 Å². The number of ether oxygens (including phenoxy) is 2. The van der Waals surface area contributed by atoms with E-state index in [-0.39, 0.29) is 6.61 Å². The smallest absolute Gasteiger partial charge is 0.344 e. The quantitative estimate of drug-likeness (QED) is 0.594. The molecule has 1 aromatic rings. The standard InChI is InChI=1S/C11H10Br2O4/c1-2-16-10(15)6-17-11-8(12)3-7(5-14)4-9(11)13/h3-5H,2,6H2,1H3. The number of carbonyl (C=O) groups is 2. The highest BCUT2D eigenvalue weighted by molar-refractivity contribution is 9.11. The van der Waals surface area contributed by atoms with E-state index in [0.717, 1.165) is 6.29 Å². The van der Waals surface area contributed by atoms with Crippen molar-refractivity contribution in [1.29, 1.82) is 0 Å². The molecule has 1 aromatic carbocycles. The van der Waals surface area contributed by atoms with Gasteiger partial charge in [0, 0.05) is 5.56 Å². The maximum atomic E-state index is 11.1. The van der Waals surface area contributed by atoms with Crippen LogP contribution in [0.25, 0.3) is 0 Å². The van der Waals surface area contributed by atoms with Crippen LogP contribution in [0.5, 0.6) is 5.75 Å². The van der Waals surface area contributed by atoms with E-state index < -0.39 is 5.97 Å². The second kappa shape index (κ2) is 6.76. The summed E-state index contributed by atoms with van der Waals surface area (Å²) in [6.45, 7) is 1.86. The molecular formula is C11H10Br2O4. The molecule has 0 bridgehead atoms. The van der Waals surface area contributed by atoms with Crippen molar-refractivity contribution in [1.82, 2.24) is 0 Å². The van der Waals surface area contributed by atoms with E-state index in [1.165, 1.54) is 0 Å². The minimum absolute atomic E-state index is 0.175. The second-order valence-corrected chi connectivity index (χ2v) is 4.73. The predicted molar refractivity (Wildman–Crippen MR) is 69.4 cm³/mol. The number of hydrogen-bond donors (Lipinski definition) is 0. The number of benzene rings is 1. The zero-order valence-electron chi connectivity index (χ0n) is 9.04. The van der Waals surface area contributed by atoms with Crippen molar-refractivity contribution in [2.45, 2.75) is 6.92 Å². The molecule has 0 atom stereocenters. The molecule has 0 N–H and O–H groups in total. The average molecular weight is 366 g/mol. The van der Waals surface area contributed by atoms with E-state index in [1.807, 2.05) is 0 Å². The van der Waals surface area contributed by atoms with E-state index >= 15 is 0 Å². The third-order valence-electron chi connectivity index (χ3n) is 1.80. The van der Waals surface area contributed by atoms with Crippen LogP contribution in [-0.2, 0) is 9.53 Å². The molecule has 0 spiro atoms. The minimum Gasteiger partial charge on any atom is -0.480 e. The fourth-order valence-corrected chi connectivity index (χ4v) is 2.57. The van der Waals surface area contributed by atoms with E-state index in [9.17, 15) is 9.59 Å². The third kappa shape index (κ3) is 4.12. The first-order valence-electron chi connectivity index (χ1n) is 4.81. The zero-order chi connectivity index (χ0) is 12.8.